The number of hydrogen-bond donors (Lipinski definition) is 3. The van der Waals surface area contributed by atoms with Crippen LogP contribution in [0.1, 0.15) is 38.5 Å². The standard InChI is InChI=1S/C16H21N3O6/c1-4-6-7-24-16(23)18-13-10(5-2)8-19(15(22)17-13)14-12(21)11(20)9(3)25-14/h2,8-9,11-12,14,20-21H,4,6-7H2,1,3H3,(H,17,18,22,23)/t9-,11?,12?,14-/m1/s1. The van der Waals surface area contributed by atoms with Gasteiger partial charge in [0.25, 0.3) is 0 Å². The van der Waals surface area contributed by atoms with Crippen molar-refractivity contribution in [2.24, 2.45) is 0 Å². The molecule has 2 unspecified atom stereocenters. The molecular formula is C16H21N3O6. The number of terminal acetylenes is 1. The minimum atomic E-state index is -1.31. The molecule has 9 heteroatoms. The molecule has 2 heterocycles. The number of anilines is 1. The van der Waals surface area contributed by atoms with Gasteiger partial charge in [0.15, 0.2) is 12.0 Å². The quantitative estimate of drug-likeness (QED) is 0.512. The Balaban J connectivity index is 2.23. The monoisotopic (exact) mass is 351 g/mol. The van der Waals surface area contributed by atoms with E-state index in [4.69, 9.17) is 15.9 Å². The fourth-order valence-electron chi connectivity index (χ4n) is 2.35. The highest BCUT2D eigenvalue weighted by Gasteiger charge is 2.42. The van der Waals surface area contributed by atoms with E-state index in [1.165, 1.54) is 6.20 Å². The largest absolute Gasteiger partial charge is 0.449 e. The van der Waals surface area contributed by atoms with Crippen molar-refractivity contribution in [1.82, 2.24) is 9.55 Å². The molecule has 1 saturated heterocycles. The molecule has 1 aromatic heterocycles. The highest BCUT2D eigenvalue weighted by molar-refractivity contribution is 5.84. The SMILES string of the molecule is C#Cc1cn([C@@H]2O[C@H](C)C(O)C2O)c(=O)nc1NC(=O)OCCCC. The van der Waals surface area contributed by atoms with E-state index in [1.807, 2.05) is 6.92 Å². The number of aromatic nitrogens is 2. The van der Waals surface area contributed by atoms with Crippen LogP contribution in [0.4, 0.5) is 10.6 Å². The molecule has 136 valence electrons. The lowest BCUT2D eigenvalue weighted by molar-refractivity contribution is -0.0350. The maximum Gasteiger partial charge on any atom is 0.412 e. The Bertz CT molecular complexity index is 726. The molecule has 0 aromatic carbocycles. The molecule has 2 rings (SSSR count). The van der Waals surface area contributed by atoms with Gasteiger partial charge in [-0.05, 0) is 13.3 Å². The second-order valence-electron chi connectivity index (χ2n) is 5.66. The third-order valence-electron chi connectivity index (χ3n) is 3.81. The number of amides is 1. The zero-order valence-corrected chi connectivity index (χ0v) is 14.0. The van der Waals surface area contributed by atoms with Crippen molar-refractivity contribution in [2.75, 3.05) is 11.9 Å². The Labute approximate surface area is 144 Å². The van der Waals surface area contributed by atoms with Gasteiger partial charge in [0.05, 0.1) is 18.3 Å². The maximum absolute atomic E-state index is 12.2. The molecule has 0 spiro atoms. The van der Waals surface area contributed by atoms with Crippen molar-refractivity contribution in [3.05, 3.63) is 22.2 Å². The molecule has 0 aliphatic carbocycles. The molecule has 4 atom stereocenters. The van der Waals surface area contributed by atoms with E-state index in [0.717, 1.165) is 11.0 Å². The van der Waals surface area contributed by atoms with Crippen LogP contribution >= 0.6 is 0 Å². The fourth-order valence-corrected chi connectivity index (χ4v) is 2.35. The van der Waals surface area contributed by atoms with Crippen molar-refractivity contribution in [1.29, 1.82) is 0 Å². The first kappa shape index (κ1) is 18.9. The average Bonchev–Trinajstić information content (AvgIpc) is 2.83. The molecule has 9 nitrogen and oxygen atoms in total. The van der Waals surface area contributed by atoms with Gasteiger partial charge in [-0.2, -0.15) is 4.98 Å². The second-order valence-corrected chi connectivity index (χ2v) is 5.66. The normalized spacial score (nSPS) is 25.4. The van der Waals surface area contributed by atoms with Gasteiger partial charge in [0, 0.05) is 6.20 Å². The van der Waals surface area contributed by atoms with Gasteiger partial charge in [0.2, 0.25) is 0 Å². The lowest BCUT2D eigenvalue weighted by Crippen LogP contribution is -2.36. The number of aliphatic hydroxyl groups is 2. The van der Waals surface area contributed by atoms with Gasteiger partial charge in [-0.1, -0.05) is 19.3 Å². The molecule has 1 amide bonds. The number of rotatable bonds is 5. The highest BCUT2D eigenvalue weighted by Crippen LogP contribution is 2.28. The molecule has 0 bridgehead atoms. The third kappa shape index (κ3) is 4.17. The first-order valence-corrected chi connectivity index (χ1v) is 7.94. The van der Waals surface area contributed by atoms with Gasteiger partial charge < -0.3 is 19.7 Å². The molecule has 3 N–H and O–H groups in total. The van der Waals surface area contributed by atoms with Gasteiger partial charge in [-0.3, -0.25) is 9.88 Å². The fraction of sp³-hybridized carbons (Fsp3) is 0.562. The van der Waals surface area contributed by atoms with Gasteiger partial charge in [-0.15, -0.1) is 6.42 Å². The van der Waals surface area contributed by atoms with E-state index in [0.29, 0.717) is 6.42 Å². The predicted molar refractivity (Wildman–Crippen MR) is 87.9 cm³/mol. The highest BCUT2D eigenvalue weighted by atomic mass is 16.6. The first-order chi connectivity index (χ1) is 11.9. The summed E-state index contributed by atoms with van der Waals surface area (Å²) in [5.74, 6) is 2.19. The van der Waals surface area contributed by atoms with Gasteiger partial charge >= 0.3 is 11.8 Å². The predicted octanol–water partition coefficient (Wildman–Crippen LogP) is 0.212. The average molecular weight is 351 g/mol. The minimum absolute atomic E-state index is 0.108. The molecule has 1 aliphatic heterocycles. The summed E-state index contributed by atoms with van der Waals surface area (Å²) in [6, 6.07) is 0. The van der Waals surface area contributed by atoms with Crippen LogP contribution in [-0.4, -0.2) is 50.8 Å². The number of ether oxygens (including phenoxy) is 2. The van der Waals surface area contributed by atoms with Crippen LogP contribution < -0.4 is 11.0 Å². The summed E-state index contributed by atoms with van der Waals surface area (Å²) in [5.41, 5.74) is -0.690. The summed E-state index contributed by atoms with van der Waals surface area (Å²) in [5, 5.41) is 22.1. The van der Waals surface area contributed by atoms with E-state index in [1.54, 1.807) is 6.92 Å². The van der Waals surface area contributed by atoms with E-state index < -0.39 is 36.3 Å². The van der Waals surface area contributed by atoms with Crippen LogP contribution in [-0.2, 0) is 9.47 Å². The Kier molecular flexibility index (Phi) is 6.14. The summed E-state index contributed by atoms with van der Waals surface area (Å²) in [7, 11) is 0. The minimum Gasteiger partial charge on any atom is -0.449 e. The summed E-state index contributed by atoms with van der Waals surface area (Å²) >= 11 is 0. The Morgan fingerprint density at radius 3 is 2.80 bits per heavy atom. The lowest BCUT2D eigenvalue weighted by atomic mass is 10.1. The van der Waals surface area contributed by atoms with E-state index in [9.17, 15) is 19.8 Å². The van der Waals surface area contributed by atoms with Crippen LogP contribution in [0.2, 0.25) is 0 Å². The summed E-state index contributed by atoms with van der Waals surface area (Å²) in [4.78, 5) is 27.6. The van der Waals surface area contributed by atoms with E-state index in [2.05, 4.69) is 16.2 Å². The third-order valence-corrected chi connectivity index (χ3v) is 3.81. The second kappa shape index (κ2) is 8.11. The van der Waals surface area contributed by atoms with Crippen molar-refractivity contribution in [2.45, 2.75) is 51.2 Å². The van der Waals surface area contributed by atoms with Crippen LogP contribution in [0.5, 0.6) is 0 Å². The molecule has 25 heavy (non-hydrogen) atoms. The number of unbranched alkanes of at least 4 members (excludes halogenated alkanes) is 1. The van der Waals surface area contributed by atoms with Crippen LogP contribution in [0.25, 0.3) is 0 Å². The molecule has 0 radical (unpaired) electrons. The number of aliphatic hydroxyl groups excluding tert-OH is 2. The molecular weight excluding hydrogens is 330 g/mol. The summed E-state index contributed by atoms with van der Waals surface area (Å²) in [6.45, 7) is 3.76. The smallest absolute Gasteiger partial charge is 0.412 e. The number of carbonyl (C=O) groups excluding carboxylic acids is 1. The number of nitrogens with one attached hydrogen (secondary N) is 1. The van der Waals surface area contributed by atoms with Crippen molar-refractivity contribution >= 4 is 11.9 Å². The first-order valence-electron chi connectivity index (χ1n) is 7.94. The summed E-state index contributed by atoms with van der Waals surface area (Å²) < 4.78 is 11.3. The van der Waals surface area contributed by atoms with Gasteiger partial charge in [0.1, 0.15) is 12.2 Å². The van der Waals surface area contributed by atoms with E-state index in [-0.39, 0.29) is 18.0 Å². The lowest BCUT2D eigenvalue weighted by Gasteiger charge is -2.18. The zero-order chi connectivity index (χ0) is 18.6. The topological polar surface area (TPSA) is 123 Å². The Morgan fingerprint density at radius 1 is 1.52 bits per heavy atom. The molecule has 1 aliphatic rings. The summed E-state index contributed by atoms with van der Waals surface area (Å²) in [6.07, 6.45) is 3.21. The van der Waals surface area contributed by atoms with E-state index >= 15 is 0 Å². The van der Waals surface area contributed by atoms with Crippen LogP contribution in [0.3, 0.4) is 0 Å². The van der Waals surface area contributed by atoms with Crippen molar-refractivity contribution in [3.8, 4) is 12.3 Å². The molecule has 1 aromatic rings. The molecule has 1 fully saturated rings. The Hall–Kier alpha value is -2.41. The van der Waals surface area contributed by atoms with Crippen LogP contribution in [0, 0.1) is 12.3 Å². The maximum atomic E-state index is 12.2. The molecule has 0 saturated carbocycles. The Morgan fingerprint density at radius 2 is 2.24 bits per heavy atom. The van der Waals surface area contributed by atoms with Gasteiger partial charge in [-0.25, -0.2) is 9.59 Å². The van der Waals surface area contributed by atoms with Crippen molar-refractivity contribution < 1.29 is 24.5 Å². The van der Waals surface area contributed by atoms with Crippen molar-refractivity contribution in [3.63, 3.8) is 0 Å². The number of hydrogen-bond acceptors (Lipinski definition) is 7. The number of nitrogens with zero attached hydrogens (tertiary/aromatic N) is 2. The van der Waals surface area contributed by atoms with Crippen LogP contribution in [0.15, 0.2) is 11.0 Å². The number of carbonyl (C=O) groups is 1. The zero-order valence-electron chi connectivity index (χ0n) is 14.0.